The lowest BCUT2D eigenvalue weighted by atomic mass is 10.3. The molecule has 1 fully saturated rings. The third-order valence-corrected chi connectivity index (χ3v) is 4.40. The number of rotatable bonds is 5. The van der Waals surface area contributed by atoms with Crippen LogP contribution < -0.4 is 9.62 Å². The maximum Gasteiger partial charge on any atom is 0.233 e. The first-order valence-electron chi connectivity index (χ1n) is 5.96. The van der Waals surface area contributed by atoms with E-state index in [0.717, 1.165) is 18.9 Å². The third kappa shape index (κ3) is 4.22. The second-order valence-corrected chi connectivity index (χ2v) is 6.33. The number of hydrogen-bond acceptors (Lipinski definition) is 5. The van der Waals surface area contributed by atoms with Gasteiger partial charge in [0.2, 0.25) is 10.0 Å². The molecule has 0 saturated carbocycles. The van der Waals surface area contributed by atoms with Gasteiger partial charge in [0.25, 0.3) is 0 Å². The van der Waals surface area contributed by atoms with Gasteiger partial charge in [0.1, 0.15) is 5.82 Å². The summed E-state index contributed by atoms with van der Waals surface area (Å²) in [6, 6.07) is 3.49. The third-order valence-electron chi connectivity index (χ3n) is 2.70. The van der Waals surface area contributed by atoms with E-state index in [2.05, 4.69) is 14.6 Å². The van der Waals surface area contributed by atoms with Crippen molar-refractivity contribution in [2.75, 3.05) is 47.6 Å². The van der Waals surface area contributed by atoms with Crippen molar-refractivity contribution >= 4 is 33.1 Å². The van der Waals surface area contributed by atoms with E-state index < -0.39 is 10.0 Å². The fourth-order valence-corrected chi connectivity index (χ4v) is 3.15. The molecular weight excluding hydrogens is 290 g/mol. The predicted molar refractivity (Wildman–Crippen MR) is 75.4 cm³/mol. The van der Waals surface area contributed by atoms with Crippen LogP contribution in [0.25, 0.3) is 0 Å². The van der Waals surface area contributed by atoms with Gasteiger partial charge in [-0.05, 0) is 12.1 Å². The molecule has 0 radical (unpaired) electrons. The van der Waals surface area contributed by atoms with Crippen LogP contribution in [0, 0.1) is 0 Å². The van der Waals surface area contributed by atoms with Crippen LogP contribution in [0.1, 0.15) is 0 Å². The Labute approximate surface area is 117 Å². The van der Waals surface area contributed by atoms with Gasteiger partial charge in [0, 0.05) is 19.0 Å². The molecule has 0 atom stereocenters. The molecule has 19 heavy (non-hydrogen) atoms. The Balaban J connectivity index is 2.02. The molecule has 2 heterocycles. The molecule has 0 aliphatic carbocycles. The number of sulfonamides is 1. The van der Waals surface area contributed by atoms with Crippen molar-refractivity contribution in [3.63, 3.8) is 0 Å². The molecule has 0 unspecified atom stereocenters. The van der Waals surface area contributed by atoms with Crippen molar-refractivity contribution < 1.29 is 13.2 Å². The zero-order chi connectivity index (χ0) is 13.7. The van der Waals surface area contributed by atoms with Gasteiger partial charge in [-0.25, -0.2) is 13.4 Å². The Bertz CT molecular complexity index is 500. The van der Waals surface area contributed by atoms with Gasteiger partial charge >= 0.3 is 0 Å². The van der Waals surface area contributed by atoms with Crippen molar-refractivity contribution in [3.8, 4) is 0 Å². The number of morpholine rings is 1. The maximum atomic E-state index is 11.5. The molecular formula is C11H16ClN3O3S. The number of nitrogens with one attached hydrogen (secondary N) is 1. The largest absolute Gasteiger partial charge is 0.378 e. The van der Waals surface area contributed by atoms with E-state index in [1.165, 1.54) is 6.20 Å². The molecule has 0 amide bonds. The van der Waals surface area contributed by atoms with Crippen molar-refractivity contribution in [1.29, 1.82) is 0 Å². The van der Waals surface area contributed by atoms with E-state index in [1.807, 2.05) is 0 Å². The maximum absolute atomic E-state index is 11.5. The summed E-state index contributed by atoms with van der Waals surface area (Å²) in [7, 11) is -3.38. The fraction of sp³-hybridized carbons (Fsp3) is 0.545. The molecule has 1 N–H and O–H groups in total. The lowest BCUT2D eigenvalue weighted by Crippen LogP contribution is -2.36. The van der Waals surface area contributed by atoms with Crippen LogP contribution in [0.2, 0.25) is 0 Å². The topological polar surface area (TPSA) is 71.5 Å². The van der Waals surface area contributed by atoms with E-state index in [4.69, 9.17) is 16.3 Å². The quantitative estimate of drug-likeness (QED) is 0.818. The number of ether oxygens (including phenoxy) is 1. The standard InChI is InChI=1S/C11H16ClN3O3S/c12-3-8-19(16,17)14-10-1-2-11(13-9-10)15-4-6-18-7-5-15/h1-2,9,14H,3-8H2. The minimum Gasteiger partial charge on any atom is -0.378 e. The predicted octanol–water partition coefficient (Wildman–Crippen LogP) is 0.899. The van der Waals surface area contributed by atoms with E-state index in [1.54, 1.807) is 12.1 Å². The van der Waals surface area contributed by atoms with E-state index in [-0.39, 0.29) is 11.6 Å². The summed E-state index contributed by atoms with van der Waals surface area (Å²) in [4.78, 5) is 6.35. The summed E-state index contributed by atoms with van der Waals surface area (Å²) in [5.41, 5.74) is 0.446. The summed E-state index contributed by atoms with van der Waals surface area (Å²) < 4.78 is 30.8. The number of pyridine rings is 1. The molecule has 0 aromatic carbocycles. The zero-order valence-corrected chi connectivity index (χ0v) is 12.0. The second kappa shape index (κ2) is 6.40. The van der Waals surface area contributed by atoms with Gasteiger partial charge in [-0.1, -0.05) is 0 Å². The van der Waals surface area contributed by atoms with Gasteiger partial charge < -0.3 is 9.64 Å². The number of anilines is 2. The molecule has 1 aliphatic rings. The summed E-state index contributed by atoms with van der Waals surface area (Å²) in [6.45, 7) is 2.96. The van der Waals surface area contributed by atoms with Crippen LogP contribution >= 0.6 is 11.6 Å². The second-order valence-electron chi connectivity index (χ2n) is 4.11. The summed E-state index contributed by atoms with van der Waals surface area (Å²) in [5.74, 6) is 0.776. The highest BCUT2D eigenvalue weighted by Gasteiger charge is 2.13. The van der Waals surface area contributed by atoms with Gasteiger partial charge in [-0.15, -0.1) is 11.6 Å². The number of aromatic nitrogens is 1. The summed E-state index contributed by atoms with van der Waals surface area (Å²) in [6.07, 6.45) is 1.51. The highest BCUT2D eigenvalue weighted by Crippen LogP contribution is 2.16. The molecule has 6 nitrogen and oxygen atoms in total. The van der Waals surface area contributed by atoms with E-state index >= 15 is 0 Å². The van der Waals surface area contributed by atoms with Crippen molar-refractivity contribution in [3.05, 3.63) is 18.3 Å². The Morgan fingerprint density at radius 1 is 1.37 bits per heavy atom. The van der Waals surface area contributed by atoms with Gasteiger partial charge in [0.15, 0.2) is 0 Å². The Morgan fingerprint density at radius 3 is 2.68 bits per heavy atom. The highest BCUT2D eigenvalue weighted by atomic mass is 35.5. The Hall–Kier alpha value is -1.05. The molecule has 8 heteroatoms. The fourth-order valence-electron chi connectivity index (χ4n) is 1.76. The van der Waals surface area contributed by atoms with Crippen molar-refractivity contribution in [1.82, 2.24) is 4.98 Å². The molecule has 1 saturated heterocycles. The minimum atomic E-state index is -3.38. The average molecular weight is 306 g/mol. The number of halogens is 1. The van der Waals surface area contributed by atoms with Crippen LogP contribution in [-0.4, -0.2) is 51.3 Å². The molecule has 0 bridgehead atoms. The monoisotopic (exact) mass is 305 g/mol. The SMILES string of the molecule is O=S(=O)(CCCl)Nc1ccc(N2CCOCC2)nc1. The normalized spacial score (nSPS) is 16.4. The van der Waals surface area contributed by atoms with Crippen LogP contribution in [0.3, 0.4) is 0 Å². The van der Waals surface area contributed by atoms with Gasteiger partial charge in [-0.2, -0.15) is 0 Å². The molecule has 106 valence electrons. The lowest BCUT2D eigenvalue weighted by molar-refractivity contribution is 0.122. The molecule has 1 aromatic rings. The van der Waals surface area contributed by atoms with Crippen LogP contribution in [0.4, 0.5) is 11.5 Å². The molecule has 1 aliphatic heterocycles. The smallest absolute Gasteiger partial charge is 0.233 e. The van der Waals surface area contributed by atoms with Crippen LogP contribution in [0.15, 0.2) is 18.3 Å². The van der Waals surface area contributed by atoms with Crippen LogP contribution in [-0.2, 0) is 14.8 Å². The average Bonchev–Trinajstić information content (AvgIpc) is 2.40. The lowest BCUT2D eigenvalue weighted by Gasteiger charge is -2.27. The highest BCUT2D eigenvalue weighted by molar-refractivity contribution is 7.92. The van der Waals surface area contributed by atoms with Gasteiger partial charge in [0.05, 0.1) is 30.9 Å². The minimum absolute atomic E-state index is 0.0641. The molecule has 2 rings (SSSR count). The van der Waals surface area contributed by atoms with Crippen LogP contribution in [0.5, 0.6) is 0 Å². The van der Waals surface area contributed by atoms with E-state index in [9.17, 15) is 8.42 Å². The summed E-state index contributed by atoms with van der Waals surface area (Å²) in [5, 5.41) is 0. The molecule has 1 aromatic heterocycles. The van der Waals surface area contributed by atoms with E-state index in [0.29, 0.717) is 18.9 Å². The van der Waals surface area contributed by atoms with Gasteiger partial charge in [-0.3, -0.25) is 4.72 Å². The van der Waals surface area contributed by atoms with Crippen molar-refractivity contribution in [2.24, 2.45) is 0 Å². The number of hydrogen-bond donors (Lipinski definition) is 1. The number of alkyl halides is 1. The Morgan fingerprint density at radius 2 is 2.11 bits per heavy atom. The van der Waals surface area contributed by atoms with Crippen molar-refractivity contribution in [2.45, 2.75) is 0 Å². The first-order chi connectivity index (χ1) is 9.11. The Kier molecular flexibility index (Phi) is 4.84. The number of nitrogens with zero attached hydrogens (tertiary/aromatic N) is 2. The first kappa shape index (κ1) is 14.4. The zero-order valence-electron chi connectivity index (χ0n) is 10.4. The summed E-state index contributed by atoms with van der Waals surface area (Å²) >= 11 is 5.43. The first-order valence-corrected chi connectivity index (χ1v) is 8.14. The molecule has 0 spiro atoms.